The second-order valence-electron chi connectivity index (χ2n) is 26.5. The van der Waals surface area contributed by atoms with Gasteiger partial charge in [-0.15, -0.1) is 11.8 Å². The Balaban J connectivity index is 0.620. The number of imide groups is 2. The van der Waals surface area contributed by atoms with Gasteiger partial charge in [0.25, 0.3) is 43.5 Å². The Labute approximate surface area is 599 Å². The number of aromatic nitrogens is 2. The Morgan fingerprint density at radius 2 is 1.44 bits per heavy atom. The van der Waals surface area contributed by atoms with Gasteiger partial charge in [-0.2, -0.15) is 13.2 Å². The zero-order valence-electron chi connectivity index (χ0n) is 56.1. The number of piperazine rings is 2. The monoisotopic (exact) mass is 1480 g/mol. The molecule has 3 atom stereocenters. The molecule has 5 aromatic carbocycles. The van der Waals surface area contributed by atoms with Gasteiger partial charge < -0.3 is 30.5 Å². The van der Waals surface area contributed by atoms with Gasteiger partial charge in [-0.05, 0) is 128 Å². The fourth-order valence-electron chi connectivity index (χ4n) is 13.9. The van der Waals surface area contributed by atoms with Crippen LogP contribution in [0.3, 0.4) is 0 Å². The van der Waals surface area contributed by atoms with Crippen LogP contribution in [0.15, 0.2) is 148 Å². The number of nitrogens with zero attached hydrogens (tertiary/aromatic N) is 8. The molecule has 6 aliphatic rings. The first-order chi connectivity index (χ1) is 48.9. The first kappa shape index (κ1) is 73.3. The Morgan fingerprint density at radius 1 is 0.745 bits per heavy atom. The number of nitrogens with one attached hydrogen (secondary N) is 5. The van der Waals surface area contributed by atoms with Gasteiger partial charge in [0.15, 0.2) is 0 Å². The zero-order valence-corrected chi connectivity index (χ0v) is 59.3. The predicted octanol–water partition coefficient (Wildman–Crippen LogP) is 7.67. The molecular weight excluding hydrogens is 1400 g/mol. The number of benzene rings is 5. The van der Waals surface area contributed by atoms with Crippen LogP contribution in [0, 0.1) is 5.41 Å². The van der Waals surface area contributed by atoms with Crippen LogP contribution in [0.2, 0.25) is 5.02 Å². The highest BCUT2D eigenvalue weighted by molar-refractivity contribution is 7.99. The van der Waals surface area contributed by atoms with Gasteiger partial charge in [-0.25, -0.2) is 31.5 Å². The maximum atomic E-state index is 14.4. The SMILES string of the molecule is CC1(CN2CCN(c3ncc(C(=O)NCCNc4cccc5c4C(=O)N(C4CCC(=O)NC4=O)C5=O)cn3)CC2)CCC(c2ccc(Cl)cc2)=C(CN2CCN(c3ccc(C(=O)NS(=O)(=O)c4ccc(N[C@H](CCN5CCOCC5)CSc5ccccc5)c(S(=O)(=O)C(F)(F)F)c4)cc3)CC2)C1. The molecular formula is C71H79ClF3N13O11S3. The minimum absolute atomic E-state index is 0.00978. The summed E-state index contributed by atoms with van der Waals surface area (Å²) in [7, 11) is -11.0. The predicted molar refractivity (Wildman–Crippen MR) is 381 cm³/mol. The maximum Gasteiger partial charge on any atom is 0.501 e. The first-order valence-corrected chi connectivity index (χ1v) is 38.2. The Hall–Kier alpha value is -8.49. The smallest absolute Gasteiger partial charge is 0.383 e. The molecule has 24 nitrogen and oxygen atoms in total. The first-order valence-electron chi connectivity index (χ1n) is 33.9. The number of hydrogen-bond donors (Lipinski definition) is 5. The summed E-state index contributed by atoms with van der Waals surface area (Å²) in [5.41, 5.74) is -0.742. The number of thioether (sulfide) groups is 1. The number of carbonyl (C=O) groups excluding carboxylic acids is 6. The van der Waals surface area contributed by atoms with Gasteiger partial charge >= 0.3 is 5.51 Å². The second-order valence-corrected chi connectivity index (χ2v) is 31.7. The number of hydrogen-bond acceptors (Lipinski definition) is 21. The summed E-state index contributed by atoms with van der Waals surface area (Å²) in [6.45, 7) is 13.0. The summed E-state index contributed by atoms with van der Waals surface area (Å²) in [5, 5.41) is 11.8. The number of sulfone groups is 1. The summed E-state index contributed by atoms with van der Waals surface area (Å²) < 4.78 is 105. The number of rotatable bonds is 25. The van der Waals surface area contributed by atoms with E-state index in [2.05, 4.69) is 74.8 Å². The minimum atomic E-state index is -6.11. The largest absolute Gasteiger partial charge is 0.501 e. The van der Waals surface area contributed by atoms with Crippen LogP contribution in [0.25, 0.3) is 5.57 Å². The van der Waals surface area contributed by atoms with Crippen LogP contribution >= 0.6 is 23.4 Å². The molecule has 6 heterocycles. The van der Waals surface area contributed by atoms with Gasteiger partial charge in [0.1, 0.15) is 10.9 Å². The molecule has 6 aromatic rings. The van der Waals surface area contributed by atoms with Crippen LogP contribution in [0.1, 0.15) is 92.4 Å². The number of anilines is 4. The summed E-state index contributed by atoms with van der Waals surface area (Å²) >= 11 is 7.82. The number of fused-ring (bicyclic) bond motifs is 1. The lowest BCUT2D eigenvalue weighted by Crippen LogP contribution is -2.54. The number of alkyl halides is 3. The highest BCUT2D eigenvalue weighted by Crippen LogP contribution is 2.45. The number of amides is 6. The molecule has 5 N–H and O–H groups in total. The molecule has 0 spiro atoms. The minimum Gasteiger partial charge on any atom is -0.383 e. The van der Waals surface area contributed by atoms with Gasteiger partial charge in [-0.3, -0.25) is 53.7 Å². The fraction of sp³-hybridized carbons (Fsp3) is 0.408. The Bertz CT molecular complexity index is 4370. The van der Waals surface area contributed by atoms with Crippen molar-refractivity contribution >= 4 is 107 Å². The molecule has 540 valence electrons. The summed E-state index contributed by atoms with van der Waals surface area (Å²) in [6, 6.07) is 29.2. The number of ether oxygens (including phenoxy) is 1. The maximum absolute atomic E-state index is 14.4. The molecule has 6 amide bonds. The lowest BCUT2D eigenvalue weighted by atomic mass is 9.71. The van der Waals surface area contributed by atoms with Crippen molar-refractivity contribution < 1.29 is 63.5 Å². The molecule has 12 rings (SSSR count). The lowest BCUT2D eigenvalue weighted by molar-refractivity contribution is -0.136. The van der Waals surface area contributed by atoms with Crippen molar-refractivity contribution in [2.24, 2.45) is 5.41 Å². The van der Waals surface area contributed by atoms with Crippen LogP contribution in [0.5, 0.6) is 0 Å². The average Bonchev–Trinajstić information content (AvgIpc) is 1.48. The van der Waals surface area contributed by atoms with Gasteiger partial charge in [0.2, 0.25) is 17.8 Å². The third kappa shape index (κ3) is 17.2. The topological polar surface area (TPSA) is 285 Å². The van der Waals surface area contributed by atoms with E-state index in [1.54, 1.807) is 24.3 Å². The average molecular weight is 1480 g/mol. The van der Waals surface area contributed by atoms with E-state index in [1.807, 2.05) is 47.2 Å². The second kappa shape index (κ2) is 31.6. The van der Waals surface area contributed by atoms with Crippen LogP contribution in [-0.4, -0.2) is 217 Å². The summed E-state index contributed by atoms with van der Waals surface area (Å²) in [6.07, 6.45) is 6.21. The van der Waals surface area contributed by atoms with Gasteiger partial charge in [0.05, 0.1) is 40.5 Å². The highest BCUT2D eigenvalue weighted by atomic mass is 35.5. The van der Waals surface area contributed by atoms with E-state index in [9.17, 15) is 58.8 Å². The van der Waals surface area contributed by atoms with Crippen molar-refractivity contribution in [1.82, 2.24) is 44.9 Å². The molecule has 4 saturated heterocycles. The van der Waals surface area contributed by atoms with Crippen molar-refractivity contribution in [3.05, 3.63) is 166 Å². The molecule has 31 heteroatoms. The number of morpholine rings is 1. The number of halogens is 4. The van der Waals surface area contributed by atoms with Crippen molar-refractivity contribution in [2.75, 3.05) is 138 Å². The lowest BCUT2D eigenvalue weighted by Gasteiger charge is -2.44. The van der Waals surface area contributed by atoms with E-state index in [-0.39, 0.29) is 53.6 Å². The van der Waals surface area contributed by atoms with E-state index in [0.717, 1.165) is 91.7 Å². The normalized spacial score (nSPS) is 20.1. The third-order valence-electron chi connectivity index (χ3n) is 19.4. The summed E-state index contributed by atoms with van der Waals surface area (Å²) in [5.74, 6) is -3.00. The van der Waals surface area contributed by atoms with Crippen molar-refractivity contribution in [3.63, 3.8) is 0 Å². The molecule has 1 aromatic heterocycles. The van der Waals surface area contributed by atoms with Gasteiger partial charge in [0, 0.05) is 156 Å². The molecule has 4 fully saturated rings. The zero-order chi connectivity index (χ0) is 71.9. The molecule has 102 heavy (non-hydrogen) atoms. The number of allylic oxidation sites excluding steroid dienone is 1. The standard InChI is InChI=1S/C71H79ClF3N13O11S3/c1-70(46-85-30-34-87(35-31-85)69-78-42-50(43-79-69)64(90)77-26-25-76-59-9-5-8-57-63(59)68(94)88(67(57)93)60-20-21-62(89)81-66(60)92)24-22-56(47-10-14-51(72)15-11-47)49(41-70)44-84-28-32-86(33-29-84)53-16-12-48(13-17-53)65(91)82-102(97,98)55-18-19-58(61(40-55)101(95,96)71(73,74)75)80-52(23-27-83-36-38-99-39-37-83)45-100-54-6-3-2-4-7-54/h2-19,40,42-43,52,60,76,80H,20-39,41,44-46H2,1H3,(H,77,90)(H,82,91)(H,81,89,92)/t52-,60?,70?/m1/s1. The third-order valence-corrected chi connectivity index (χ3v) is 23.7. The molecule has 1 aliphatic carbocycles. The van der Waals surface area contributed by atoms with E-state index in [1.165, 1.54) is 53.5 Å². The number of carbonyl (C=O) groups is 6. The summed E-state index contributed by atoms with van der Waals surface area (Å²) in [4.78, 5) is 98.0. The number of piperidine rings is 1. The van der Waals surface area contributed by atoms with Crippen LogP contribution < -0.4 is 35.8 Å². The number of sulfonamides is 1. The molecule has 0 bridgehead atoms. The van der Waals surface area contributed by atoms with Crippen LogP contribution in [0.4, 0.5) is 36.2 Å². The van der Waals surface area contributed by atoms with Gasteiger partial charge in [-0.1, -0.05) is 60.5 Å². The van der Waals surface area contributed by atoms with E-state index < -0.39 is 88.4 Å². The van der Waals surface area contributed by atoms with Crippen molar-refractivity contribution in [1.29, 1.82) is 0 Å². The molecule has 0 saturated carbocycles. The molecule has 5 aliphatic heterocycles. The quantitative estimate of drug-likeness (QED) is 0.0209. The van der Waals surface area contributed by atoms with E-state index in [0.29, 0.717) is 93.9 Å². The van der Waals surface area contributed by atoms with Crippen molar-refractivity contribution in [2.45, 2.75) is 77.7 Å². The molecule has 0 radical (unpaired) electrons. The fourth-order valence-corrected chi connectivity index (χ4v) is 17.1. The van der Waals surface area contributed by atoms with Crippen LogP contribution in [-0.2, 0) is 34.2 Å². The highest BCUT2D eigenvalue weighted by Gasteiger charge is 2.49. The van der Waals surface area contributed by atoms with Crippen molar-refractivity contribution in [3.8, 4) is 0 Å². The molecule has 2 unspecified atom stereocenters. The Kier molecular flexibility index (Phi) is 22.7. The van der Waals surface area contributed by atoms with E-state index in [4.69, 9.17) is 16.3 Å². The van der Waals surface area contributed by atoms with E-state index >= 15 is 0 Å². The Morgan fingerprint density at radius 3 is 2.14 bits per heavy atom.